The molecular weight excluding hydrogens is 290 g/mol. The fraction of sp³-hybridized carbons (Fsp3) is 0.133. The summed E-state index contributed by atoms with van der Waals surface area (Å²) in [5.74, 6) is 0.769. The first kappa shape index (κ1) is 13.3. The van der Waals surface area contributed by atoms with Gasteiger partial charge >= 0.3 is 0 Å². The highest BCUT2D eigenvalue weighted by Gasteiger charge is 2.21. The van der Waals surface area contributed by atoms with Gasteiger partial charge in [0.2, 0.25) is 0 Å². The van der Waals surface area contributed by atoms with E-state index in [0.29, 0.717) is 11.5 Å². The molecule has 1 aromatic carbocycles. The molecule has 3 nitrogen and oxygen atoms in total. The van der Waals surface area contributed by atoms with Crippen LogP contribution in [-0.4, -0.2) is 12.5 Å². The lowest BCUT2D eigenvalue weighted by molar-refractivity contribution is -0.112. The van der Waals surface area contributed by atoms with Gasteiger partial charge in [0.25, 0.3) is 5.91 Å². The third kappa shape index (κ3) is 2.73. The third-order valence-electron chi connectivity index (χ3n) is 2.77. The van der Waals surface area contributed by atoms with Crippen molar-refractivity contribution in [2.24, 2.45) is 0 Å². The van der Waals surface area contributed by atoms with Crippen molar-refractivity contribution in [3.63, 3.8) is 0 Å². The number of thiophene rings is 1. The first-order valence-electron chi connectivity index (χ1n) is 6.27. The van der Waals surface area contributed by atoms with Gasteiger partial charge < -0.3 is 10.1 Å². The van der Waals surface area contributed by atoms with Crippen molar-refractivity contribution in [1.82, 2.24) is 0 Å². The molecule has 0 aliphatic carbocycles. The van der Waals surface area contributed by atoms with Crippen molar-refractivity contribution in [2.45, 2.75) is 11.8 Å². The average Bonchev–Trinajstić information content (AvgIpc) is 2.93. The number of thioether (sulfide) groups is 1. The van der Waals surface area contributed by atoms with E-state index in [1.54, 1.807) is 11.3 Å². The molecule has 0 unspecified atom stereocenters. The van der Waals surface area contributed by atoms with Gasteiger partial charge in [0.05, 0.1) is 17.2 Å². The molecule has 20 heavy (non-hydrogen) atoms. The van der Waals surface area contributed by atoms with E-state index in [2.05, 4.69) is 5.32 Å². The number of benzene rings is 1. The molecule has 0 spiro atoms. The van der Waals surface area contributed by atoms with E-state index in [1.807, 2.05) is 48.7 Å². The Hall–Kier alpha value is -1.72. The number of nitrogens with one attached hydrogen (secondary N) is 1. The maximum absolute atomic E-state index is 12.1. The zero-order chi connectivity index (χ0) is 13.9. The van der Waals surface area contributed by atoms with Crippen molar-refractivity contribution in [2.75, 3.05) is 11.9 Å². The minimum absolute atomic E-state index is 0.0555. The SMILES string of the molecule is CCOc1ccc2c(c1)S/C(=C/c1cccs1)C(=O)N2. The molecule has 0 bridgehead atoms. The van der Waals surface area contributed by atoms with Crippen molar-refractivity contribution in [1.29, 1.82) is 0 Å². The van der Waals surface area contributed by atoms with E-state index in [0.717, 1.165) is 21.2 Å². The van der Waals surface area contributed by atoms with Crippen LogP contribution in [0.4, 0.5) is 5.69 Å². The van der Waals surface area contributed by atoms with Crippen LogP contribution in [0.15, 0.2) is 45.5 Å². The number of amides is 1. The summed E-state index contributed by atoms with van der Waals surface area (Å²) in [6.45, 7) is 2.59. The molecule has 1 amide bonds. The minimum Gasteiger partial charge on any atom is -0.494 e. The Kier molecular flexibility index (Phi) is 3.80. The summed E-state index contributed by atoms with van der Waals surface area (Å²) in [5.41, 5.74) is 0.840. The van der Waals surface area contributed by atoms with Gasteiger partial charge in [0.1, 0.15) is 5.75 Å². The third-order valence-corrected chi connectivity index (χ3v) is 4.67. The number of rotatable bonds is 3. The van der Waals surface area contributed by atoms with Crippen molar-refractivity contribution in [3.8, 4) is 5.75 Å². The molecule has 0 atom stereocenters. The fourth-order valence-corrected chi connectivity index (χ4v) is 3.60. The highest BCUT2D eigenvalue weighted by atomic mass is 32.2. The van der Waals surface area contributed by atoms with Gasteiger partial charge in [-0.25, -0.2) is 0 Å². The number of hydrogen-bond donors (Lipinski definition) is 1. The molecule has 1 aliphatic rings. The van der Waals surface area contributed by atoms with E-state index in [9.17, 15) is 4.79 Å². The maximum atomic E-state index is 12.1. The summed E-state index contributed by atoms with van der Waals surface area (Å²) in [6.07, 6.45) is 1.92. The van der Waals surface area contributed by atoms with Crippen LogP contribution in [-0.2, 0) is 4.79 Å². The van der Waals surface area contributed by atoms with Crippen LogP contribution in [0.1, 0.15) is 11.8 Å². The summed E-state index contributed by atoms with van der Waals surface area (Å²) in [7, 11) is 0. The molecule has 2 aromatic rings. The van der Waals surface area contributed by atoms with E-state index in [-0.39, 0.29) is 5.91 Å². The Labute approximate surface area is 125 Å². The van der Waals surface area contributed by atoms with Crippen molar-refractivity contribution >= 4 is 40.8 Å². The standard InChI is InChI=1S/C15H13NO2S2/c1-2-18-10-5-6-12-13(8-10)20-14(15(17)16-12)9-11-4-3-7-19-11/h3-9H,2H2,1H3,(H,16,17)/b14-9+. The molecule has 0 fully saturated rings. The normalized spacial score (nSPS) is 15.8. The second-order valence-electron chi connectivity index (χ2n) is 4.17. The van der Waals surface area contributed by atoms with Crippen LogP contribution >= 0.6 is 23.1 Å². The lowest BCUT2D eigenvalue weighted by atomic mass is 10.3. The predicted octanol–water partition coefficient (Wildman–Crippen LogP) is 4.23. The largest absolute Gasteiger partial charge is 0.494 e. The van der Waals surface area contributed by atoms with Crippen LogP contribution < -0.4 is 10.1 Å². The number of anilines is 1. The molecule has 1 aromatic heterocycles. The summed E-state index contributed by atoms with van der Waals surface area (Å²) in [5, 5.41) is 4.91. The zero-order valence-electron chi connectivity index (χ0n) is 10.9. The predicted molar refractivity (Wildman–Crippen MR) is 84.4 cm³/mol. The van der Waals surface area contributed by atoms with Gasteiger partial charge in [-0.2, -0.15) is 0 Å². The minimum atomic E-state index is -0.0555. The Bertz CT molecular complexity index is 663. The smallest absolute Gasteiger partial charge is 0.262 e. The Morgan fingerprint density at radius 3 is 3.00 bits per heavy atom. The second-order valence-corrected chi connectivity index (χ2v) is 6.23. The van der Waals surface area contributed by atoms with Crippen LogP contribution in [0.3, 0.4) is 0 Å². The molecule has 0 saturated heterocycles. The Balaban J connectivity index is 1.92. The molecule has 1 aliphatic heterocycles. The summed E-state index contributed by atoms with van der Waals surface area (Å²) < 4.78 is 5.50. The summed E-state index contributed by atoms with van der Waals surface area (Å²) >= 11 is 3.10. The van der Waals surface area contributed by atoms with E-state index in [1.165, 1.54) is 11.8 Å². The first-order valence-corrected chi connectivity index (χ1v) is 7.97. The zero-order valence-corrected chi connectivity index (χ0v) is 12.5. The molecule has 1 N–H and O–H groups in total. The molecule has 0 radical (unpaired) electrons. The summed E-state index contributed by atoms with van der Waals surface area (Å²) in [4.78, 5) is 14.9. The topological polar surface area (TPSA) is 38.3 Å². The molecule has 0 saturated carbocycles. The Morgan fingerprint density at radius 2 is 2.25 bits per heavy atom. The van der Waals surface area contributed by atoms with Crippen molar-refractivity contribution in [3.05, 3.63) is 45.5 Å². The van der Waals surface area contributed by atoms with Gasteiger partial charge in [0, 0.05) is 9.77 Å². The van der Waals surface area contributed by atoms with E-state index >= 15 is 0 Å². The van der Waals surface area contributed by atoms with Gasteiger partial charge in [-0.1, -0.05) is 17.8 Å². The van der Waals surface area contributed by atoms with Crippen molar-refractivity contribution < 1.29 is 9.53 Å². The molecule has 2 heterocycles. The molecule has 102 valence electrons. The first-order chi connectivity index (χ1) is 9.76. The average molecular weight is 303 g/mol. The highest BCUT2D eigenvalue weighted by molar-refractivity contribution is 8.04. The lowest BCUT2D eigenvalue weighted by Gasteiger charge is -2.19. The second kappa shape index (κ2) is 5.73. The fourth-order valence-electron chi connectivity index (χ4n) is 1.89. The van der Waals surface area contributed by atoms with Gasteiger partial charge in [0.15, 0.2) is 0 Å². The van der Waals surface area contributed by atoms with Gasteiger partial charge in [-0.3, -0.25) is 4.79 Å². The highest BCUT2D eigenvalue weighted by Crippen LogP contribution is 2.40. The number of carbonyl (C=O) groups is 1. The molecular formula is C15H13NO2S2. The maximum Gasteiger partial charge on any atom is 0.262 e. The van der Waals surface area contributed by atoms with Crippen LogP contribution in [0.25, 0.3) is 6.08 Å². The molecule has 5 heteroatoms. The number of fused-ring (bicyclic) bond motifs is 1. The van der Waals surface area contributed by atoms with Gasteiger partial charge in [-0.15, -0.1) is 11.3 Å². The molecule has 3 rings (SSSR count). The van der Waals surface area contributed by atoms with Crippen LogP contribution in [0.5, 0.6) is 5.75 Å². The van der Waals surface area contributed by atoms with Gasteiger partial charge in [-0.05, 0) is 42.6 Å². The Morgan fingerprint density at radius 1 is 1.35 bits per heavy atom. The lowest BCUT2D eigenvalue weighted by Crippen LogP contribution is -2.17. The van der Waals surface area contributed by atoms with E-state index in [4.69, 9.17) is 4.74 Å². The quantitative estimate of drug-likeness (QED) is 0.862. The number of ether oxygens (including phenoxy) is 1. The monoisotopic (exact) mass is 303 g/mol. The van der Waals surface area contributed by atoms with Crippen LogP contribution in [0, 0.1) is 0 Å². The van der Waals surface area contributed by atoms with Crippen LogP contribution in [0.2, 0.25) is 0 Å². The van der Waals surface area contributed by atoms with E-state index < -0.39 is 0 Å². The summed E-state index contributed by atoms with van der Waals surface area (Å²) in [6, 6.07) is 9.69. The number of hydrogen-bond acceptors (Lipinski definition) is 4. The number of carbonyl (C=O) groups excluding carboxylic acids is 1.